The van der Waals surface area contributed by atoms with E-state index in [2.05, 4.69) is 4.98 Å². The van der Waals surface area contributed by atoms with Crippen molar-refractivity contribution in [1.82, 2.24) is 9.88 Å². The third-order valence-corrected chi connectivity index (χ3v) is 4.89. The van der Waals surface area contributed by atoms with Crippen LogP contribution in [0.3, 0.4) is 0 Å². The minimum absolute atomic E-state index is 0.0879. The molecule has 128 valence electrons. The zero-order chi connectivity index (χ0) is 17.3. The van der Waals surface area contributed by atoms with Crippen LogP contribution in [0.2, 0.25) is 5.02 Å². The highest BCUT2D eigenvalue weighted by molar-refractivity contribution is 6.31. The van der Waals surface area contributed by atoms with E-state index in [9.17, 15) is 14.7 Å². The van der Waals surface area contributed by atoms with Gasteiger partial charge in [0, 0.05) is 42.3 Å². The quantitative estimate of drug-likeness (QED) is 0.867. The van der Waals surface area contributed by atoms with Crippen molar-refractivity contribution in [3.63, 3.8) is 0 Å². The molecule has 1 aliphatic heterocycles. The van der Waals surface area contributed by atoms with E-state index in [1.165, 1.54) is 7.11 Å². The van der Waals surface area contributed by atoms with Crippen LogP contribution in [0.5, 0.6) is 0 Å². The third-order valence-electron chi connectivity index (χ3n) is 4.65. The predicted octanol–water partition coefficient (Wildman–Crippen LogP) is 2.31. The highest BCUT2D eigenvalue weighted by Gasteiger charge is 2.46. The molecule has 2 N–H and O–H groups in total. The van der Waals surface area contributed by atoms with E-state index in [1.807, 2.05) is 12.1 Å². The molecule has 2 heterocycles. The Morgan fingerprint density at radius 1 is 1.46 bits per heavy atom. The summed E-state index contributed by atoms with van der Waals surface area (Å²) in [4.78, 5) is 28.9. The summed E-state index contributed by atoms with van der Waals surface area (Å²) in [5, 5.41) is 11.0. The van der Waals surface area contributed by atoms with Gasteiger partial charge in [0.05, 0.1) is 13.0 Å². The van der Waals surface area contributed by atoms with Crippen LogP contribution in [0.15, 0.2) is 24.4 Å². The number of hydrogen-bond donors (Lipinski definition) is 2. The fourth-order valence-corrected chi connectivity index (χ4v) is 3.46. The Morgan fingerprint density at radius 3 is 2.96 bits per heavy atom. The Bertz CT molecular complexity index is 788. The largest absolute Gasteiger partial charge is 0.481 e. The van der Waals surface area contributed by atoms with Crippen LogP contribution in [0, 0.1) is 5.41 Å². The minimum atomic E-state index is -1.01. The van der Waals surface area contributed by atoms with Gasteiger partial charge in [-0.2, -0.15) is 0 Å². The number of halogens is 1. The Hall–Kier alpha value is -2.05. The molecule has 0 spiro atoms. The summed E-state index contributed by atoms with van der Waals surface area (Å²) in [6, 6.07) is 5.49. The Kier molecular flexibility index (Phi) is 4.51. The fraction of sp³-hybridized carbons (Fsp3) is 0.412. The van der Waals surface area contributed by atoms with Gasteiger partial charge in [0.1, 0.15) is 5.41 Å². The number of carboxylic acids is 1. The molecule has 0 bridgehead atoms. The molecule has 6 nitrogen and oxygen atoms in total. The molecule has 1 amide bonds. The van der Waals surface area contributed by atoms with Crippen LogP contribution in [-0.4, -0.2) is 53.7 Å². The maximum atomic E-state index is 12.6. The first-order valence-corrected chi connectivity index (χ1v) is 8.08. The standard InChI is InChI=1S/C17H19ClN2O4/c1-24-10-17(16(22)23)4-5-20(9-17)15(21)6-11-8-19-14-3-2-12(18)7-13(11)14/h2-3,7-8,19H,4-6,9-10H2,1H3,(H,22,23). The van der Waals surface area contributed by atoms with Crippen molar-refractivity contribution in [2.24, 2.45) is 5.41 Å². The van der Waals surface area contributed by atoms with E-state index in [4.69, 9.17) is 16.3 Å². The maximum Gasteiger partial charge on any atom is 0.313 e. The zero-order valence-electron chi connectivity index (χ0n) is 13.3. The number of likely N-dealkylation sites (tertiary alicyclic amines) is 1. The molecule has 0 aliphatic carbocycles. The van der Waals surface area contributed by atoms with E-state index >= 15 is 0 Å². The van der Waals surface area contributed by atoms with Gasteiger partial charge in [-0.25, -0.2) is 0 Å². The second kappa shape index (κ2) is 6.45. The second-order valence-electron chi connectivity index (χ2n) is 6.26. The monoisotopic (exact) mass is 350 g/mol. The van der Waals surface area contributed by atoms with Crippen LogP contribution >= 0.6 is 11.6 Å². The molecular weight excluding hydrogens is 332 g/mol. The van der Waals surface area contributed by atoms with Crippen molar-refractivity contribution in [2.45, 2.75) is 12.8 Å². The molecule has 1 saturated heterocycles. The number of nitrogens with zero attached hydrogens (tertiary/aromatic N) is 1. The number of carbonyl (C=O) groups excluding carboxylic acids is 1. The van der Waals surface area contributed by atoms with Crippen LogP contribution in [0.1, 0.15) is 12.0 Å². The highest BCUT2D eigenvalue weighted by Crippen LogP contribution is 2.32. The normalized spacial score (nSPS) is 20.7. The molecular formula is C17H19ClN2O4. The van der Waals surface area contributed by atoms with Crippen LogP contribution in [0.4, 0.5) is 0 Å². The van der Waals surface area contributed by atoms with Crippen LogP contribution in [-0.2, 0) is 20.7 Å². The number of amides is 1. The number of methoxy groups -OCH3 is 1. The lowest BCUT2D eigenvalue weighted by molar-refractivity contribution is -0.151. The van der Waals surface area contributed by atoms with Gasteiger partial charge in [0.25, 0.3) is 0 Å². The van der Waals surface area contributed by atoms with Crippen molar-refractivity contribution < 1.29 is 19.4 Å². The molecule has 2 aromatic rings. The van der Waals surface area contributed by atoms with Gasteiger partial charge in [-0.1, -0.05) is 11.6 Å². The van der Waals surface area contributed by atoms with Gasteiger partial charge in [-0.05, 0) is 30.2 Å². The van der Waals surface area contributed by atoms with Gasteiger partial charge in [0.2, 0.25) is 5.91 Å². The number of H-pyrrole nitrogens is 1. The first kappa shape index (κ1) is 16.8. The third kappa shape index (κ3) is 2.99. The minimum Gasteiger partial charge on any atom is -0.481 e. The summed E-state index contributed by atoms with van der Waals surface area (Å²) in [6.07, 6.45) is 2.42. The number of aromatic nitrogens is 1. The molecule has 1 aliphatic rings. The molecule has 1 aromatic heterocycles. The molecule has 1 aromatic carbocycles. The number of benzene rings is 1. The number of carbonyl (C=O) groups is 2. The molecule has 1 unspecified atom stereocenters. The fourth-order valence-electron chi connectivity index (χ4n) is 3.29. The van der Waals surface area contributed by atoms with Gasteiger partial charge < -0.3 is 19.7 Å². The smallest absolute Gasteiger partial charge is 0.313 e. The molecule has 24 heavy (non-hydrogen) atoms. The SMILES string of the molecule is COCC1(C(=O)O)CCN(C(=O)Cc2c[nH]c3ccc(Cl)cc23)C1. The molecule has 3 rings (SSSR count). The van der Waals surface area contributed by atoms with Crippen molar-refractivity contribution in [3.8, 4) is 0 Å². The van der Waals surface area contributed by atoms with Gasteiger partial charge in [-0.3, -0.25) is 9.59 Å². The summed E-state index contributed by atoms with van der Waals surface area (Å²) in [5.41, 5.74) is 0.772. The van der Waals surface area contributed by atoms with Crippen molar-refractivity contribution >= 4 is 34.4 Å². The van der Waals surface area contributed by atoms with Crippen molar-refractivity contribution in [3.05, 3.63) is 35.0 Å². The summed E-state index contributed by atoms with van der Waals surface area (Å²) in [7, 11) is 1.48. The van der Waals surface area contributed by atoms with Crippen molar-refractivity contribution in [1.29, 1.82) is 0 Å². The topological polar surface area (TPSA) is 82.6 Å². The van der Waals surface area contributed by atoms with Crippen LogP contribution in [0.25, 0.3) is 10.9 Å². The predicted molar refractivity (Wildman–Crippen MR) is 90.2 cm³/mol. The van der Waals surface area contributed by atoms with E-state index < -0.39 is 11.4 Å². The number of aliphatic carboxylic acids is 1. The number of fused-ring (bicyclic) bond motifs is 1. The van der Waals surface area contributed by atoms with Crippen molar-refractivity contribution in [2.75, 3.05) is 26.8 Å². The number of aromatic amines is 1. The lowest BCUT2D eigenvalue weighted by Crippen LogP contribution is -2.40. The number of carboxylic acid groups (broad SMARTS) is 1. The molecule has 1 fully saturated rings. The van der Waals surface area contributed by atoms with E-state index in [0.717, 1.165) is 16.5 Å². The Morgan fingerprint density at radius 2 is 2.25 bits per heavy atom. The lowest BCUT2D eigenvalue weighted by atomic mass is 9.88. The van der Waals surface area contributed by atoms with E-state index in [0.29, 0.717) is 18.0 Å². The molecule has 1 atom stereocenters. The summed E-state index contributed by atoms with van der Waals surface area (Å²) in [6.45, 7) is 0.713. The molecule has 7 heteroatoms. The molecule has 0 saturated carbocycles. The maximum absolute atomic E-state index is 12.6. The first-order valence-electron chi connectivity index (χ1n) is 7.71. The number of nitrogens with one attached hydrogen (secondary N) is 1. The van der Waals surface area contributed by atoms with Gasteiger partial charge >= 0.3 is 5.97 Å². The van der Waals surface area contributed by atoms with E-state index in [-0.39, 0.29) is 25.5 Å². The Balaban J connectivity index is 1.75. The van der Waals surface area contributed by atoms with Gasteiger partial charge in [-0.15, -0.1) is 0 Å². The number of ether oxygens (including phenoxy) is 1. The Labute approximate surface area is 144 Å². The summed E-state index contributed by atoms with van der Waals surface area (Å²) in [5.74, 6) is -1.01. The van der Waals surface area contributed by atoms with E-state index in [1.54, 1.807) is 17.2 Å². The second-order valence-corrected chi connectivity index (χ2v) is 6.70. The first-order chi connectivity index (χ1) is 11.4. The zero-order valence-corrected chi connectivity index (χ0v) is 14.1. The van der Waals surface area contributed by atoms with Crippen LogP contribution < -0.4 is 0 Å². The molecule has 0 radical (unpaired) electrons. The number of hydrogen-bond acceptors (Lipinski definition) is 3. The lowest BCUT2D eigenvalue weighted by Gasteiger charge is -2.23. The average Bonchev–Trinajstić information content (AvgIpc) is 3.13. The summed E-state index contributed by atoms with van der Waals surface area (Å²) >= 11 is 6.03. The average molecular weight is 351 g/mol. The highest BCUT2D eigenvalue weighted by atomic mass is 35.5. The number of rotatable bonds is 5. The summed E-state index contributed by atoms with van der Waals surface area (Å²) < 4.78 is 5.06. The van der Waals surface area contributed by atoms with Gasteiger partial charge in [0.15, 0.2) is 0 Å².